The zero-order valence-electron chi connectivity index (χ0n) is 19.8. The van der Waals surface area contributed by atoms with Gasteiger partial charge < -0.3 is 19.3 Å². The van der Waals surface area contributed by atoms with E-state index in [1.165, 1.54) is 4.90 Å². The van der Waals surface area contributed by atoms with E-state index < -0.39 is 6.09 Å². The Kier molecular flexibility index (Phi) is 6.98. The van der Waals surface area contributed by atoms with Gasteiger partial charge >= 0.3 is 6.09 Å². The van der Waals surface area contributed by atoms with E-state index in [9.17, 15) is 9.90 Å². The van der Waals surface area contributed by atoms with Crippen LogP contribution in [0.1, 0.15) is 16.7 Å². The molecule has 4 rings (SSSR count). The normalized spacial score (nSPS) is 10.8. The maximum atomic E-state index is 12.1. The molecular weight excluding hydrogens is 468 g/mol. The lowest BCUT2D eigenvalue weighted by atomic mass is 10.1. The van der Waals surface area contributed by atoms with E-state index in [1.54, 1.807) is 62.9 Å². The smallest absolute Gasteiger partial charge is 0.412 e. The summed E-state index contributed by atoms with van der Waals surface area (Å²) in [6, 6.07) is 16.1. The van der Waals surface area contributed by atoms with Gasteiger partial charge in [0.05, 0.1) is 32.0 Å². The zero-order chi connectivity index (χ0) is 25.1. The van der Waals surface area contributed by atoms with E-state index >= 15 is 0 Å². The fraction of sp³-hybridized carbons (Fsp3) is 0.185. The van der Waals surface area contributed by atoms with Crippen LogP contribution in [0.2, 0.25) is 5.02 Å². The van der Waals surface area contributed by atoms with Crippen molar-refractivity contribution in [3.63, 3.8) is 0 Å². The first kappa shape index (κ1) is 24.2. The monoisotopic (exact) mass is 492 g/mol. The van der Waals surface area contributed by atoms with Crippen LogP contribution in [0.15, 0.2) is 60.8 Å². The number of ether oxygens (including phenoxy) is 3. The first-order valence-electron chi connectivity index (χ1n) is 10.9. The largest absolute Gasteiger partial charge is 0.493 e. The Bertz CT molecular complexity index is 1410. The molecule has 0 aliphatic rings. The second kappa shape index (κ2) is 10.1. The third-order valence-electron chi connectivity index (χ3n) is 5.89. The van der Waals surface area contributed by atoms with Gasteiger partial charge in [-0.3, -0.25) is 9.88 Å². The lowest BCUT2D eigenvalue weighted by Crippen LogP contribution is -2.29. The number of rotatable bonds is 7. The van der Waals surface area contributed by atoms with E-state index in [0.29, 0.717) is 39.2 Å². The second-order valence-corrected chi connectivity index (χ2v) is 8.40. The van der Waals surface area contributed by atoms with Crippen molar-refractivity contribution in [3.05, 3.63) is 82.5 Å². The SMILES string of the molecule is COc1cc2nccc(Oc3ccc(N(Cc4cccc(Cl)c4)C(=O)O)c(C)c3C)c2cc1OC. The van der Waals surface area contributed by atoms with E-state index in [4.69, 9.17) is 25.8 Å². The molecule has 180 valence electrons. The van der Waals surface area contributed by atoms with Crippen LogP contribution in [-0.4, -0.2) is 30.4 Å². The minimum Gasteiger partial charge on any atom is -0.493 e. The van der Waals surface area contributed by atoms with Gasteiger partial charge in [-0.25, -0.2) is 4.79 Å². The summed E-state index contributed by atoms with van der Waals surface area (Å²) in [7, 11) is 3.15. The Morgan fingerprint density at radius 2 is 1.69 bits per heavy atom. The highest BCUT2D eigenvalue weighted by molar-refractivity contribution is 6.30. The average molecular weight is 493 g/mol. The first-order chi connectivity index (χ1) is 16.8. The number of fused-ring (bicyclic) bond motifs is 1. The molecule has 0 unspecified atom stereocenters. The van der Waals surface area contributed by atoms with Gasteiger partial charge in [0.15, 0.2) is 11.5 Å². The highest BCUT2D eigenvalue weighted by Crippen LogP contribution is 2.39. The van der Waals surface area contributed by atoms with Crippen LogP contribution in [0.25, 0.3) is 10.9 Å². The number of methoxy groups -OCH3 is 2. The zero-order valence-corrected chi connectivity index (χ0v) is 20.6. The van der Waals surface area contributed by atoms with Crippen LogP contribution in [0.3, 0.4) is 0 Å². The lowest BCUT2D eigenvalue weighted by Gasteiger charge is -2.24. The van der Waals surface area contributed by atoms with Crippen molar-refractivity contribution >= 4 is 34.3 Å². The maximum absolute atomic E-state index is 12.1. The number of halogens is 1. The Balaban J connectivity index is 1.70. The fourth-order valence-corrected chi connectivity index (χ4v) is 4.13. The molecule has 1 heterocycles. The molecule has 0 saturated heterocycles. The van der Waals surface area contributed by atoms with Crippen LogP contribution >= 0.6 is 11.6 Å². The van der Waals surface area contributed by atoms with Gasteiger partial charge in [-0.15, -0.1) is 0 Å². The molecule has 1 aromatic heterocycles. The summed E-state index contributed by atoms with van der Waals surface area (Å²) in [6.45, 7) is 3.96. The van der Waals surface area contributed by atoms with Gasteiger partial charge in [-0.2, -0.15) is 0 Å². The summed E-state index contributed by atoms with van der Waals surface area (Å²) >= 11 is 6.08. The fourth-order valence-electron chi connectivity index (χ4n) is 3.91. The molecular formula is C27H25ClN2O5. The van der Waals surface area contributed by atoms with Crippen LogP contribution in [-0.2, 0) is 6.54 Å². The van der Waals surface area contributed by atoms with E-state index in [1.807, 2.05) is 26.0 Å². The number of benzene rings is 3. The molecule has 8 heteroatoms. The Morgan fingerprint density at radius 3 is 2.37 bits per heavy atom. The molecule has 0 aliphatic carbocycles. The van der Waals surface area contributed by atoms with Crippen molar-refractivity contribution in [3.8, 4) is 23.0 Å². The van der Waals surface area contributed by atoms with E-state index in [-0.39, 0.29) is 6.54 Å². The van der Waals surface area contributed by atoms with Crippen molar-refractivity contribution in [2.24, 2.45) is 0 Å². The third-order valence-corrected chi connectivity index (χ3v) is 6.12. The molecule has 0 fully saturated rings. The standard InChI is InChI=1S/C27H25ClN2O5/c1-16-17(2)23(9-8-22(16)30(27(31)32)15-18-6-5-7-19(28)12-18)35-24-10-11-29-21-14-26(34-4)25(33-3)13-20(21)24/h5-14H,15H2,1-4H3,(H,31,32). The van der Waals surface area contributed by atoms with Crippen molar-refractivity contribution in [2.75, 3.05) is 19.1 Å². The molecule has 0 radical (unpaired) electrons. The van der Waals surface area contributed by atoms with Gasteiger partial charge in [0.2, 0.25) is 0 Å². The van der Waals surface area contributed by atoms with Crippen LogP contribution in [0, 0.1) is 13.8 Å². The highest BCUT2D eigenvalue weighted by atomic mass is 35.5. The quantitative estimate of drug-likeness (QED) is 0.299. The molecule has 0 atom stereocenters. The summed E-state index contributed by atoms with van der Waals surface area (Å²) in [4.78, 5) is 17.8. The number of carboxylic acid groups (broad SMARTS) is 1. The number of anilines is 1. The number of amides is 1. The number of hydrogen-bond donors (Lipinski definition) is 1. The summed E-state index contributed by atoms with van der Waals surface area (Å²) < 4.78 is 17.1. The third kappa shape index (κ3) is 4.95. The summed E-state index contributed by atoms with van der Waals surface area (Å²) in [6.07, 6.45) is 0.611. The summed E-state index contributed by atoms with van der Waals surface area (Å²) in [5, 5.41) is 11.2. The van der Waals surface area contributed by atoms with Gasteiger partial charge in [-0.05, 0) is 66.9 Å². The number of nitrogens with zero attached hydrogens (tertiary/aromatic N) is 2. The van der Waals surface area contributed by atoms with Crippen molar-refractivity contribution < 1.29 is 24.1 Å². The maximum Gasteiger partial charge on any atom is 0.412 e. The van der Waals surface area contributed by atoms with Gasteiger partial charge in [0.25, 0.3) is 0 Å². The molecule has 0 bridgehead atoms. The topological polar surface area (TPSA) is 81.1 Å². The second-order valence-electron chi connectivity index (χ2n) is 7.97. The summed E-state index contributed by atoms with van der Waals surface area (Å²) in [5.74, 6) is 2.36. The number of carbonyl (C=O) groups is 1. The van der Waals surface area contributed by atoms with Crippen LogP contribution in [0.5, 0.6) is 23.0 Å². The van der Waals surface area contributed by atoms with Gasteiger partial charge in [0, 0.05) is 22.7 Å². The minimum atomic E-state index is -1.05. The molecule has 1 N–H and O–H groups in total. The predicted molar refractivity (Wildman–Crippen MR) is 136 cm³/mol. The number of pyridine rings is 1. The Hall–Kier alpha value is -3.97. The van der Waals surface area contributed by atoms with Crippen LogP contribution in [0.4, 0.5) is 10.5 Å². The van der Waals surface area contributed by atoms with E-state index in [2.05, 4.69) is 4.98 Å². The van der Waals surface area contributed by atoms with Gasteiger partial charge in [-0.1, -0.05) is 23.7 Å². The first-order valence-corrected chi connectivity index (χ1v) is 11.2. The van der Waals surface area contributed by atoms with Crippen molar-refractivity contribution in [2.45, 2.75) is 20.4 Å². The molecule has 3 aromatic carbocycles. The molecule has 0 aliphatic heterocycles. The molecule has 0 saturated carbocycles. The van der Waals surface area contributed by atoms with Crippen LogP contribution < -0.4 is 19.1 Å². The molecule has 4 aromatic rings. The molecule has 1 amide bonds. The average Bonchev–Trinajstić information content (AvgIpc) is 2.85. The minimum absolute atomic E-state index is 0.174. The Labute approximate surface area is 208 Å². The number of hydrogen-bond acceptors (Lipinski definition) is 5. The lowest BCUT2D eigenvalue weighted by molar-refractivity contribution is 0.201. The summed E-state index contributed by atoms with van der Waals surface area (Å²) in [5.41, 5.74) is 3.69. The molecule has 0 spiro atoms. The predicted octanol–water partition coefficient (Wildman–Crippen LogP) is 7.00. The number of aromatic nitrogens is 1. The molecule has 7 nitrogen and oxygen atoms in total. The van der Waals surface area contributed by atoms with Crippen molar-refractivity contribution in [1.82, 2.24) is 4.98 Å². The van der Waals surface area contributed by atoms with Crippen molar-refractivity contribution in [1.29, 1.82) is 0 Å². The van der Waals surface area contributed by atoms with Gasteiger partial charge in [0.1, 0.15) is 11.5 Å². The molecule has 35 heavy (non-hydrogen) atoms. The van der Waals surface area contributed by atoms with E-state index in [0.717, 1.165) is 22.1 Å². The Morgan fingerprint density at radius 1 is 0.943 bits per heavy atom. The highest BCUT2D eigenvalue weighted by Gasteiger charge is 2.20.